The van der Waals surface area contributed by atoms with Gasteiger partial charge in [-0.05, 0) is 30.5 Å². The summed E-state index contributed by atoms with van der Waals surface area (Å²) in [4.78, 5) is 18.7. The van der Waals surface area contributed by atoms with Gasteiger partial charge in [-0.3, -0.25) is 9.78 Å². The van der Waals surface area contributed by atoms with E-state index in [9.17, 15) is 4.79 Å². The molecule has 3 heteroatoms. The molecule has 77 valence electrons. The predicted molar refractivity (Wildman–Crippen MR) is 60.8 cm³/mol. The van der Waals surface area contributed by atoms with Crippen LogP contribution < -0.4 is 5.56 Å². The van der Waals surface area contributed by atoms with Crippen LogP contribution in [0.15, 0.2) is 23.1 Å². The van der Waals surface area contributed by atoms with Crippen molar-refractivity contribution in [3.63, 3.8) is 0 Å². The minimum Gasteiger partial charge on any atom is -0.320 e. The van der Waals surface area contributed by atoms with Crippen molar-refractivity contribution in [2.75, 3.05) is 0 Å². The number of rotatable bonds is 2. The summed E-state index contributed by atoms with van der Waals surface area (Å²) in [6.45, 7) is 3.91. The Morgan fingerprint density at radius 2 is 2.27 bits per heavy atom. The van der Waals surface area contributed by atoms with Gasteiger partial charge in [0.2, 0.25) is 0 Å². The number of pyridine rings is 2. The lowest BCUT2D eigenvalue weighted by atomic mass is 10.1. The summed E-state index contributed by atoms with van der Waals surface area (Å²) in [5.74, 6) is 0. The zero-order valence-corrected chi connectivity index (χ0v) is 8.87. The van der Waals surface area contributed by atoms with Crippen LogP contribution in [0.2, 0.25) is 0 Å². The van der Waals surface area contributed by atoms with E-state index in [-0.39, 0.29) is 5.56 Å². The average Bonchev–Trinajstić information content (AvgIpc) is 2.27. The molecule has 0 spiro atoms. The van der Waals surface area contributed by atoms with Crippen LogP contribution in [-0.4, -0.2) is 9.97 Å². The van der Waals surface area contributed by atoms with Crippen LogP contribution in [0.3, 0.4) is 0 Å². The topological polar surface area (TPSA) is 45.8 Å². The molecule has 2 aromatic heterocycles. The number of fused-ring (bicyclic) bond motifs is 1. The summed E-state index contributed by atoms with van der Waals surface area (Å²) in [5, 5.41) is 0. The lowest BCUT2D eigenvalue weighted by Gasteiger charge is -2.02. The Balaban J connectivity index is 2.70. The second-order valence-corrected chi connectivity index (χ2v) is 3.47. The van der Waals surface area contributed by atoms with Crippen molar-refractivity contribution >= 4 is 11.0 Å². The summed E-state index contributed by atoms with van der Waals surface area (Å²) in [5.41, 5.74) is 3.43. The summed E-state index contributed by atoms with van der Waals surface area (Å²) in [6.07, 6.45) is 4.49. The second-order valence-electron chi connectivity index (χ2n) is 3.47. The van der Waals surface area contributed by atoms with Gasteiger partial charge in [0.15, 0.2) is 0 Å². The monoisotopic (exact) mass is 201 g/mol. The van der Waals surface area contributed by atoms with Gasteiger partial charge in [0.1, 0.15) is 0 Å². The molecule has 0 unspecified atom stereocenters. The highest BCUT2D eigenvalue weighted by atomic mass is 16.1. The van der Waals surface area contributed by atoms with Gasteiger partial charge in [-0.25, -0.2) is 0 Å². The average molecular weight is 201 g/mol. The first-order valence-corrected chi connectivity index (χ1v) is 5.06. The largest absolute Gasteiger partial charge is 0.320 e. The highest BCUT2D eigenvalue weighted by Crippen LogP contribution is 2.11. The zero-order chi connectivity index (χ0) is 10.8. The van der Waals surface area contributed by atoms with Gasteiger partial charge in [-0.15, -0.1) is 0 Å². The molecule has 2 aromatic rings. The molecule has 0 aromatic carbocycles. The molecule has 1 radical (unpaired) electrons. The maximum Gasteiger partial charge on any atom is 0.251 e. The second kappa shape index (κ2) is 3.85. The van der Waals surface area contributed by atoms with Crippen LogP contribution >= 0.6 is 0 Å². The molecule has 0 aliphatic heterocycles. The third kappa shape index (κ3) is 1.77. The molecule has 0 aliphatic rings. The van der Waals surface area contributed by atoms with Crippen LogP contribution in [-0.2, 0) is 6.42 Å². The predicted octanol–water partition coefficient (Wildman–Crippen LogP) is 2.06. The van der Waals surface area contributed by atoms with E-state index in [1.54, 1.807) is 6.20 Å². The van der Waals surface area contributed by atoms with Gasteiger partial charge in [-0.2, -0.15) is 0 Å². The maximum atomic E-state index is 11.6. The first kappa shape index (κ1) is 9.90. The molecule has 0 saturated carbocycles. The normalized spacial score (nSPS) is 10.8. The van der Waals surface area contributed by atoms with E-state index in [2.05, 4.69) is 9.97 Å². The van der Waals surface area contributed by atoms with Gasteiger partial charge in [0.25, 0.3) is 5.56 Å². The summed E-state index contributed by atoms with van der Waals surface area (Å²) >= 11 is 0. The lowest BCUT2D eigenvalue weighted by Crippen LogP contribution is -2.11. The molecule has 3 nitrogen and oxygen atoms in total. The van der Waals surface area contributed by atoms with E-state index in [1.165, 1.54) is 0 Å². The molecule has 15 heavy (non-hydrogen) atoms. The smallest absolute Gasteiger partial charge is 0.251 e. The van der Waals surface area contributed by atoms with E-state index in [1.807, 2.05) is 32.4 Å². The van der Waals surface area contributed by atoms with Gasteiger partial charge >= 0.3 is 0 Å². The molecular weight excluding hydrogens is 188 g/mol. The fourth-order valence-corrected chi connectivity index (χ4v) is 1.56. The Labute approximate surface area is 88.2 Å². The summed E-state index contributed by atoms with van der Waals surface area (Å²) in [6, 6.07) is 3.79. The Kier molecular flexibility index (Phi) is 2.54. The van der Waals surface area contributed by atoms with Crippen molar-refractivity contribution in [3.05, 3.63) is 46.2 Å². The SMILES string of the molecule is C[CH]c1cnc2cc(CC)c(=O)[nH]c2c1. The van der Waals surface area contributed by atoms with Crippen LogP contribution in [0.25, 0.3) is 11.0 Å². The van der Waals surface area contributed by atoms with Gasteiger partial charge < -0.3 is 4.98 Å². The number of hydrogen-bond donors (Lipinski definition) is 1. The third-order valence-corrected chi connectivity index (χ3v) is 2.50. The Morgan fingerprint density at radius 3 is 2.93 bits per heavy atom. The number of aryl methyl sites for hydroxylation is 1. The number of aromatic amines is 1. The third-order valence-electron chi connectivity index (χ3n) is 2.50. The number of aromatic nitrogens is 2. The van der Waals surface area contributed by atoms with E-state index >= 15 is 0 Å². The number of H-pyrrole nitrogens is 1. The number of nitrogens with one attached hydrogen (secondary N) is 1. The van der Waals surface area contributed by atoms with Crippen LogP contribution in [0, 0.1) is 6.42 Å². The standard InChI is InChI=1S/C12H13N2O/c1-3-8-5-11-10(13-7-8)6-9(4-2)12(15)14-11/h3,5-7H,4H2,1-2H3,(H,14,15). The zero-order valence-electron chi connectivity index (χ0n) is 8.87. The van der Waals surface area contributed by atoms with Gasteiger partial charge in [0.05, 0.1) is 11.0 Å². The fourth-order valence-electron chi connectivity index (χ4n) is 1.56. The van der Waals surface area contributed by atoms with Crippen LogP contribution in [0.1, 0.15) is 25.0 Å². The molecule has 1 N–H and O–H groups in total. The van der Waals surface area contributed by atoms with E-state index < -0.39 is 0 Å². The van der Waals surface area contributed by atoms with E-state index in [0.29, 0.717) is 0 Å². The van der Waals surface area contributed by atoms with Crippen molar-refractivity contribution in [3.8, 4) is 0 Å². The summed E-state index contributed by atoms with van der Waals surface area (Å²) < 4.78 is 0. The molecule has 0 amide bonds. The minimum absolute atomic E-state index is 0.0138. The first-order valence-electron chi connectivity index (χ1n) is 5.06. The Morgan fingerprint density at radius 1 is 1.47 bits per heavy atom. The molecule has 0 atom stereocenters. The van der Waals surface area contributed by atoms with Gasteiger partial charge in [-0.1, -0.05) is 13.8 Å². The van der Waals surface area contributed by atoms with E-state index in [4.69, 9.17) is 0 Å². The Hall–Kier alpha value is -1.64. The van der Waals surface area contributed by atoms with Crippen molar-refractivity contribution in [1.82, 2.24) is 9.97 Å². The number of nitrogens with zero attached hydrogens (tertiary/aromatic N) is 1. The molecule has 0 saturated heterocycles. The van der Waals surface area contributed by atoms with Crippen molar-refractivity contribution < 1.29 is 0 Å². The molecule has 0 fully saturated rings. The maximum absolute atomic E-state index is 11.6. The molecule has 2 rings (SSSR count). The summed E-state index contributed by atoms with van der Waals surface area (Å²) in [7, 11) is 0. The number of hydrogen-bond acceptors (Lipinski definition) is 2. The quantitative estimate of drug-likeness (QED) is 0.808. The molecule has 0 aliphatic carbocycles. The molecule has 2 heterocycles. The van der Waals surface area contributed by atoms with Crippen molar-refractivity contribution in [2.24, 2.45) is 0 Å². The van der Waals surface area contributed by atoms with E-state index in [0.717, 1.165) is 28.6 Å². The van der Waals surface area contributed by atoms with Crippen molar-refractivity contribution in [2.45, 2.75) is 20.3 Å². The lowest BCUT2D eigenvalue weighted by molar-refractivity contribution is 1.07. The van der Waals surface area contributed by atoms with Gasteiger partial charge in [0, 0.05) is 11.8 Å². The van der Waals surface area contributed by atoms with Crippen LogP contribution in [0.4, 0.5) is 0 Å². The highest BCUT2D eigenvalue weighted by Gasteiger charge is 2.02. The molecular formula is C12H13N2O. The molecule has 0 bridgehead atoms. The highest BCUT2D eigenvalue weighted by molar-refractivity contribution is 5.75. The fraction of sp³-hybridized carbons (Fsp3) is 0.250. The van der Waals surface area contributed by atoms with Crippen molar-refractivity contribution in [1.29, 1.82) is 0 Å². The minimum atomic E-state index is -0.0138. The van der Waals surface area contributed by atoms with Crippen LogP contribution in [0.5, 0.6) is 0 Å². The Bertz CT molecular complexity index is 543. The first-order chi connectivity index (χ1) is 7.24.